The van der Waals surface area contributed by atoms with Crippen molar-refractivity contribution in [3.05, 3.63) is 41.6 Å². The van der Waals surface area contributed by atoms with Gasteiger partial charge in [0.25, 0.3) is 0 Å². The highest BCUT2D eigenvalue weighted by Crippen LogP contribution is 2.19. The normalized spacial score (nSPS) is 14.9. The van der Waals surface area contributed by atoms with Crippen LogP contribution in [0, 0.1) is 6.92 Å². The summed E-state index contributed by atoms with van der Waals surface area (Å²) in [7, 11) is 0. The molecule has 0 unspecified atom stereocenters. The molecular formula is C18H23N3O. The number of fused-ring (bicyclic) bond motifs is 1. The molecule has 1 aromatic carbocycles. The van der Waals surface area contributed by atoms with Crippen molar-refractivity contribution in [1.29, 1.82) is 0 Å². The predicted molar refractivity (Wildman–Crippen MR) is 88.6 cm³/mol. The van der Waals surface area contributed by atoms with Crippen LogP contribution < -0.4 is 5.32 Å². The van der Waals surface area contributed by atoms with Gasteiger partial charge in [-0.2, -0.15) is 5.10 Å². The van der Waals surface area contributed by atoms with Gasteiger partial charge in [-0.25, -0.2) is 0 Å². The lowest BCUT2D eigenvalue weighted by Gasteiger charge is -2.13. The van der Waals surface area contributed by atoms with Crippen molar-refractivity contribution >= 4 is 16.8 Å². The van der Waals surface area contributed by atoms with E-state index in [9.17, 15) is 4.79 Å². The molecule has 1 aliphatic carbocycles. The molecule has 4 heteroatoms. The molecule has 0 spiro atoms. The number of para-hydroxylation sites is 1. The molecule has 1 amide bonds. The number of aryl methyl sites for hydroxylation is 1. The highest BCUT2D eigenvalue weighted by atomic mass is 16.2. The van der Waals surface area contributed by atoms with Gasteiger partial charge in [-0.15, -0.1) is 0 Å². The molecule has 0 fully saturated rings. The van der Waals surface area contributed by atoms with Crippen LogP contribution in [0.5, 0.6) is 0 Å². The van der Waals surface area contributed by atoms with Crippen molar-refractivity contribution in [2.75, 3.05) is 6.54 Å². The number of benzene rings is 1. The minimum atomic E-state index is 0.0321. The van der Waals surface area contributed by atoms with Crippen LogP contribution >= 0.6 is 0 Å². The zero-order valence-electron chi connectivity index (χ0n) is 13.1. The van der Waals surface area contributed by atoms with Crippen LogP contribution in [0.25, 0.3) is 10.9 Å². The Bertz CT molecular complexity index is 699. The third kappa shape index (κ3) is 3.38. The zero-order chi connectivity index (χ0) is 15.4. The van der Waals surface area contributed by atoms with Gasteiger partial charge in [0.2, 0.25) is 5.91 Å². The largest absolute Gasteiger partial charge is 0.354 e. The molecule has 22 heavy (non-hydrogen) atoms. The van der Waals surface area contributed by atoms with Gasteiger partial charge in [-0.1, -0.05) is 29.8 Å². The maximum Gasteiger partial charge on any atom is 0.241 e. The third-order valence-corrected chi connectivity index (χ3v) is 4.29. The Morgan fingerprint density at radius 1 is 1.32 bits per heavy atom. The fourth-order valence-electron chi connectivity index (χ4n) is 3.10. The number of rotatable bonds is 5. The summed E-state index contributed by atoms with van der Waals surface area (Å²) >= 11 is 0. The summed E-state index contributed by atoms with van der Waals surface area (Å²) in [6, 6.07) is 8.03. The summed E-state index contributed by atoms with van der Waals surface area (Å²) in [4.78, 5) is 12.1. The summed E-state index contributed by atoms with van der Waals surface area (Å²) in [5, 5.41) is 8.60. The molecular weight excluding hydrogens is 274 g/mol. The van der Waals surface area contributed by atoms with Crippen LogP contribution in [0.2, 0.25) is 0 Å². The SMILES string of the molecule is Cc1nn(CC(=O)NCCC2=CCCCC2)c2ccccc12. The number of nitrogens with zero attached hydrogens (tertiary/aromatic N) is 2. The Hall–Kier alpha value is -2.10. The van der Waals surface area contributed by atoms with Crippen molar-refractivity contribution in [2.24, 2.45) is 0 Å². The molecule has 3 rings (SSSR count). The summed E-state index contributed by atoms with van der Waals surface area (Å²) in [6.07, 6.45) is 8.30. The molecule has 0 atom stereocenters. The number of hydrogen-bond acceptors (Lipinski definition) is 2. The second-order valence-electron chi connectivity index (χ2n) is 5.97. The Labute approximate surface area is 131 Å². The minimum Gasteiger partial charge on any atom is -0.354 e. The van der Waals surface area contributed by atoms with Crippen LogP contribution in [0.3, 0.4) is 0 Å². The van der Waals surface area contributed by atoms with Crippen LogP contribution in [-0.4, -0.2) is 22.2 Å². The molecule has 1 heterocycles. The number of carbonyl (C=O) groups excluding carboxylic acids is 1. The van der Waals surface area contributed by atoms with E-state index < -0.39 is 0 Å². The maximum absolute atomic E-state index is 12.1. The molecule has 0 saturated heterocycles. The number of nitrogens with one attached hydrogen (secondary N) is 1. The van der Waals surface area contributed by atoms with E-state index in [0.717, 1.165) is 29.6 Å². The Morgan fingerprint density at radius 3 is 3.00 bits per heavy atom. The number of aromatic nitrogens is 2. The third-order valence-electron chi connectivity index (χ3n) is 4.29. The van der Waals surface area contributed by atoms with Crippen LogP contribution in [-0.2, 0) is 11.3 Å². The van der Waals surface area contributed by atoms with E-state index in [4.69, 9.17) is 0 Å². The van der Waals surface area contributed by atoms with E-state index in [-0.39, 0.29) is 12.5 Å². The summed E-state index contributed by atoms with van der Waals surface area (Å²) in [5.41, 5.74) is 3.48. The monoisotopic (exact) mass is 297 g/mol. The van der Waals surface area contributed by atoms with Gasteiger partial charge in [0.15, 0.2) is 0 Å². The van der Waals surface area contributed by atoms with Crippen LogP contribution in [0.15, 0.2) is 35.9 Å². The molecule has 116 valence electrons. The Kier molecular flexibility index (Phi) is 4.56. The second kappa shape index (κ2) is 6.77. The quantitative estimate of drug-likeness (QED) is 0.860. The first kappa shape index (κ1) is 14.8. The fourth-order valence-corrected chi connectivity index (χ4v) is 3.10. The molecule has 0 aliphatic heterocycles. The first-order chi connectivity index (χ1) is 10.7. The Balaban J connectivity index is 1.56. The van der Waals surface area contributed by atoms with Crippen molar-refractivity contribution in [3.63, 3.8) is 0 Å². The van der Waals surface area contributed by atoms with Gasteiger partial charge < -0.3 is 5.32 Å². The van der Waals surface area contributed by atoms with E-state index in [1.54, 1.807) is 4.68 Å². The van der Waals surface area contributed by atoms with Crippen molar-refractivity contribution in [2.45, 2.75) is 45.6 Å². The van der Waals surface area contributed by atoms with Gasteiger partial charge in [0, 0.05) is 11.9 Å². The zero-order valence-corrected chi connectivity index (χ0v) is 13.1. The molecule has 1 aromatic heterocycles. The maximum atomic E-state index is 12.1. The van der Waals surface area contributed by atoms with Crippen molar-refractivity contribution in [1.82, 2.24) is 15.1 Å². The molecule has 1 aliphatic rings. The average Bonchev–Trinajstić information content (AvgIpc) is 2.85. The fraction of sp³-hybridized carbons (Fsp3) is 0.444. The van der Waals surface area contributed by atoms with E-state index in [0.29, 0.717) is 0 Å². The summed E-state index contributed by atoms with van der Waals surface area (Å²) in [5.74, 6) is 0.0321. The summed E-state index contributed by atoms with van der Waals surface area (Å²) in [6.45, 7) is 2.99. The van der Waals surface area contributed by atoms with E-state index in [1.165, 1.54) is 31.3 Å². The van der Waals surface area contributed by atoms with Gasteiger partial charge in [0.05, 0.1) is 11.2 Å². The molecule has 4 nitrogen and oxygen atoms in total. The standard InChI is InChI=1S/C18H23N3O/c1-14-16-9-5-6-10-17(16)21(20-14)13-18(22)19-12-11-15-7-3-2-4-8-15/h5-7,9-10H,2-4,8,11-13H2,1H3,(H,19,22). The van der Waals surface area contributed by atoms with E-state index >= 15 is 0 Å². The number of amides is 1. The second-order valence-corrected chi connectivity index (χ2v) is 5.97. The van der Waals surface area contributed by atoms with E-state index in [1.807, 2.05) is 31.2 Å². The smallest absolute Gasteiger partial charge is 0.241 e. The Morgan fingerprint density at radius 2 is 2.18 bits per heavy atom. The molecule has 0 radical (unpaired) electrons. The molecule has 0 saturated carbocycles. The minimum absolute atomic E-state index is 0.0321. The van der Waals surface area contributed by atoms with E-state index in [2.05, 4.69) is 16.5 Å². The summed E-state index contributed by atoms with van der Waals surface area (Å²) < 4.78 is 1.79. The van der Waals surface area contributed by atoms with Gasteiger partial charge in [-0.3, -0.25) is 9.48 Å². The highest BCUT2D eigenvalue weighted by Gasteiger charge is 2.10. The predicted octanol–water partition coefficient (Wildman–Crippen LogP) is 3.35. The lowest BCUT2D eigenvalue weighted by Crippen LogP contribution is -2.29. The van der Waals surface area contributed by atoms with Gasteiger partial charge >= 0.3 is 0 Å². The first-order valence-corrected chi connectivity index (χ1v) is 8.11. The van der Waals surface area contributed by atoms with Crippen LogP contribution in [0.1, 0.15) is 37.8 Å². The molecule has 1 N–H and O–H groups in total. The van der Waals surface area contributed by atoms with Gasteiger partial charge in [0.1, 0.15) is 6.54 Å². The first-order valence-electron chi connectivity index (χ1n) is 8.11. The van der Waals surface area contributed by atoms with Crippen LogP contribution in [0.4, 0.5) is 0 Å². The number of hydrogen-bond donors (Lipinski definition) is 1. The number of allylic oxidation sites excluding steroid dienone is 1. The lowest BCUT2D eigenvalue weighted by molar-refractivity contribution is -0.121. The molecule has 2 aromatic rings. The van der Waals surface area contributed by atoms with Gasteiger partial charge in [-0.05, 0) is 45.1 Å². The van der Waals surface area contributed by atoms with Crippen molar-refractivity contribution < 1.29 is 4.79 Å². The van der Waals surface area contributed by atoms with Crippen molar-refractivity contribution in [3.8, 4) is 0 Å². The molecule has 0 bridgehead atoms. The topological polar surface area (TPSA) is 46.9 Å². The number of carbonyl (C=O) groups is 1. The lowest BCUT2D eigenvalue weighted by atomic mass is 9.97. The average molecular weight is 297 g/mol. The highest BCUT2D eigenvalue weighted by molar-refractivity contribution is 5.84.